The molecule has 13 heavy (non-hydrogen) atoms. The van der Waals surface area contributed by atoms with E-state index in [1.807, 2.05) is 0 Å². The molecule has 74 valence electrons. The third-order valence-electron chi connectivity index (χ3n) is 0.565. The van der Waals surface area contributed by atoms with Gasteiger partial charge in [0.25, 0.3) is 0 Å². The van der Waals surface area contributed by atoms with Gasteiger partial charge in [-0.15, -0.1) is 0 Å². The Morgan fingerprint density at radius 2 is 1.54 bits per heavy atom. The van der Waals surface area contributed by atoms with Crippen LogP contribution < -0.4 is 11.5 Å². The molecule has 6 N–H and O–H groups in total. The topological polar surface area (TPSA) is 144 Å². The molecule has 0 bridgehead atoms. The van der Waals surface area contributed by atoms with E-state index in [1.54, 1.807) is 0 Å². The van der Waals surface area contributed by atoms with Crippen LogP contribution in [0.3, 0.4) is 0 Å². The highest BCUT2D eigenvalue weighted by Gasteiger charge is 1.86. The molecule has 0 heterocycles. The van der Waals surface area contributed by atoms with Crippen LogP contribution in [0.15, 0.2) is 12.2 Å². The van der Waals surface area contributed by atoms with Gasteiger partial charge >= 0.3 is 11.9 Å². The molecule has 0 aliphatic heterocycles. The van der Waals surface area contributed by atoms with Crippen LogP contribution in [-0.4, -0.2) is 34.6 Å². The second-order valence-electron chi connectivity index (χ2n) is 1.67. The lowest BCUT2D eigenvalue weighted by Crippen LogP contribution is -2.10. The van der Waals surface area contributed by atoms with Gasteiger partial charge in [0.15, 0.2) is 0 Å². The standard InChI is InChI=1S/C4H5NO3.C2H5NO2/c5-3(6)1-2-4(7)8;3-1-2(4)5/h1-2H,(H2,5,6)(H,7,8);1,3H2,(H,4,5). The zero-order chi connectivity index (χ0) is 10.9. The number of carbonyl (C=O) groups is 3. The maximum absolute atomic E-state index is 9.78. The van der Waals surface area contributed by atoms with Crippen LogP contribution in [0.4, 0.5) is 0 Å². The summed E-state index contributed by atoms with van der Waals surface area (Å²) in [5, 5.41) is 15.5. The van der Waals surface area contributed by atoms with E-state index in [2.05, 4.69) is 11.5 Å². The summed E-state index contributed by atoms with van der Waals surface area (Å²) in [4.78, 5) is 28.6. The predicted molar refractivity (Wildman–Crippen MR) is 42.7 cm³/mol. The first kappa shape index (κ1) is 13.7. The highest BCUT2D eigenvalue weighted by atomic mass is 16.4. The summed E-state index contributed by atoms with van der Waals surface area (Å²) in [6.07, 6.45) is 1.46. The van der Waals surface area contributed by atoms with Gasteiger partial charge in [-0.3, -0.25) is 9.59 Å². The lowest BCUT2D eigenvalue weighted by atomic mass is 10.5. The van der Waals surface area contributed by atoms with Crippen molar-refractivity contribution in [2.24, 2.45) is 11.5 Å². The number of primary amides is 1. The number of carbonyl (C=O) groups excluding carboxylic acids is 1. The number of hydrogen-bond acceptors (Lipinski definition) is 4. The van der Waals surface area contributed by atoms with Gasteiger partial charge < -0.3 is 21.7 Å². The Kier molecular flexibility index (Phi) is 8.64. The number of nitrogens with two attached hydrogens (primary N) is 2. The molecular formula is C6H10N2O5. The number of hydrogen-bond donors (Lipinski definition) is 4. The van der Waals surface area contributed by atoms with E-state index in [-0.39, 0.29) is 6.54 Å². The van der Waals surface area contributed by atoms with Gasteiger partial charge in [0.05, 0.1) is 6.54 Å². The van der Waals surface area contributed by atoms with Crippen molar-refractivity contribution < 1.29 is 24.6 Å². The molecule has 0 aromatic carbocycles. The van der Waals surface area contributed by atoms with Crippen LogP contribution in [0.1, 0.15) is 0 Å². The second-order valence-corrected chi connectivity index (χ2v) is 1.67. The Morgan fingerprint density at radius 1 is 1.15 bits per heavy atom. The van der Waals surface area contributed by atoms with Crippen LogP contribution >= 0.6 is 0 Å². The molecule has 7 nitrogen and oxygen atoms in total. The summed E-state index contributed by atoms with van der Waals surface area (Å²) < 4.78 is 0. The molecule has 0 fully saturated rings. The van der Waals surface area contributed by atoms with Crippen molar-refractivity contribution in [1.82, 2.24) is 0 Å². The Labute approximate surface area is 73.6 Å². The van der Waals surface area contributed by atoms with E-state index in [0.29, 0.717) is 6.08 Å². The first-order valence-corrected chi connectivity index (χ1v) is 3.02. The smallest absolute Gasteiger partial charge is 0.328 e. The molecule has 0 aromatic rings. The molecule has 0 atom stereocenters. The minimum atomic E-state index is -1.18. The normalized spacial score (nSPS) is 8.69. The molecule has 0 spiro atoms. The van der Waals surface area contributed by atoms with Crippen LogP contribution in [0, 0.1) is 0 Å². The summed E-state index contributed by atoms with van der Waals surface area (Å²) in [6, 6.07) is 0. The van der Waals surface area contributed by atoms with E-state index < -0.39 is 17.8 Å². The van der Waals surface area contributed by atoms with Crippen molar-refractivity contribution in [3.8, 4) is 0 Å². The SMILES string of the molecule is NC(=O)C=CC(=O)O.NCC(=O)O. The average molecular weight is 190 g/mol. The van der Waals surface area contributed by atoms with Crippen molar-refractivity contribution in [1.29, 1.82) is 0 Å². The Hall–Kier alpha value is -1.89. The summed E-state index contributed by atoms with van der Waals surface area (Å²) >= 11 is 0. The van der Waals surface area contributed by atoms with E-state index in [1.165, 1.54) is 0 Å². The third kappa shape index (κ3) is 25.5. The van der Waals surface area contributed by atoms with Gasteiger partial charge in [-0.25, -0.2) is 4.79 Å². The maximum Gasteiger partial charge on any atom is 0.328 e. The number of amides is 1. The fourth-order valence-electron chi connectivity index (χ4n) is 0.153. The average Bonchev–Trinajstić information content (AvgIpc) is 2.02. The molecule has 1 amide bonds. The number of aliphatic carboxylic acids is 2. The molecule has 0 radical (unpaired) electrons. The number of carboxylic acid groups (broad SMARTS) is 2. The molecule has 0 aliphatic carbocycles. The minimum absolute atomic E-state index is 0.278. The second kappa shape index (κ2) is 8.21. The van der Waals surface area contributed by atoms with E-state index in [9.17, 15) is 14.4 Å². The van der Waals surface area contributed by atoms with Gasteiger partial charge in [-0.05, 0) is 0 Å². The maximum atomic E-state index is 9.78. The monoisotopic (exact) mass is 190 g/mol. The summed E-state index contributed by atoms with van der Waals surface area (Å²) in [5.41, 5.74) is 9.12. The molecular weight excluding hydrogens is 180 g/mol. The van der Waals surface area contributed by atoms with Gasteiger partial charge in [0.1, 0.15) is 0 Å². The number of carboxylic acids is 2. The predicted octanol–water partition coefficient (Wildman–Crippen LogP) is -1.86. The van der Waals surface area contributed by atoms with E-state index >= 15 is 0 Å². The van der Waals surface area contributed by atoms with Gasteiger partial charge in [0, 0.05) is 12.2 Å². The summed E-state index contributed by atoms with van der Waals surface area (Å²) in [6.45, 7) is -0.278. The van der Waals surface area contributed by atoms with Gasteiger partial charge in [-0.1, -0.05) is 0 Å². The quantitative estimate of drug-likeness (QED) is 0.384. The van der Waals surface area contributed by atoms with Crippen molar-refractivity contribution in [2.75, 3.05) is 6.54 Å². The highest BCUT2D eigenvalue weighted by Crippen LogP contribution is 1.68. The highest BCUT2D eigenvalue weighted by molar-refractivity contribution is 5.92. The largest absolute Gasteiger partial charge is 0.480 e. The minimum Gasteiger partial charge on any atom is -0.480 e. The molecule has 0 unspecified atom stereocenters. The fraction of sp³-hybridized carbons (Fsp3) is 0.167. The molecule has 0 aliphatic rings. The molecule has 0 saturated heterocycles. The molecule has 0 rings (SSSR count). The first-order valence-electron chi connectivity index (χ1n) is 3.02. The Balaban J connectivity index is 0. The number of rotatable bonds is 3. The van der Waals surface area contributed by atoms with Gasteiger partial charge in [-0.2, -0.15) is 0 Å². The van der Waals surface area contributed by atoms with E-state index in [0.717, 1.165) is 6.08 Å². The Morgan fingerprint density at radius 3 is 1.62 bits per heavy atom. The van der Waals surface area contributed by atoms with Crippen molar-refractivity contribution in [2.45, 2.75) is 0 Å². The molecule has 0 aromatic heterocycles. The van der Waals surface area contributed by atoms with Crippen LogP contribution in [0.5, 0.6) is 0 Å². The Bertz CT molecular complexity index is 207. The zero-order valence-corrected chi connectivity index (χ0v) is 6.64. The van der Waals surface area contributed by atoms with Crippen LogP contribution in [0.2, 0.25) is 0 Å². The first-order chi connectivity index (χ1) is 5.90. The van der Waals surface area contributed by atoms with Crippen molar-refractivity contribution in [3.05, 3.63) is 12.2 Å². The van der Waals surface area contributed by atoms with Crippen LogP contribution in [0.25, 0.3) is 0 Å². The van der Waals surface area contributed by atoms with E-state index in [4.69, 9.17) is 10.2 Å². The summed E-state index contributed by atoms with van der Waals surface area (Å²) in [7, 11) is 0. The fourth-order valence-corrected chi connectivity index (χ4v) is 0.153. The van der Waals surface area contributed by atoms with Crippen molar-refractivity contribution in [3.63, 3.8) is 0 Å². The lowest BCUT2D eigenvalue weighted by molar-refractivity contribution is -0.135. The van der Waals surface area contributed by atoms with Gasteiger partial charge in [0.2, 0.25) is 5.91 Å². The lowest BCUT2D eigenvalue weighted by Gasteiger charge is -1.75. The van der Waals surface area contributed by atoms with Crippen LogP contribution in [-0.2, 0) is 14.4 Å². The molecule has 0 saturated carbocycles. The third-order valence-corrected chi connectivity index (χ3v) is 0.565. The zero-order valence-electron chi connectivity index (χ0n) is 6.64. The molecule has 7 heteroatoms. The summed E-state index contributed by atoms with van der Waals surface area (Å²) in [5.74, 6) is -2.90. The van der Waals surface area contributed by atoms with Crippen molar-refractivity contribution >= 4 is 17.8 Å².